The van der Waals surface area contributed by atoms with E-state index in [1.807, 2.05) is 76.5 Å². The van der Waals surface area contributed by atoms with Gasteiger partial charge in [0.1, 0.15) is 5.54 Å². The number of hydrogen-bond acceptors (Lipinski definition) is 7. The summed E-state index contributed by atoms with van der Waals surface area (Å²) in [6.45, 7) is 3.81. The fourth-order valence-electron chi connectivity index (χ4n) is 6.45. The van der Waals surface area contributed by atoms with Crippen molar-refractivity contribution in [3.63, 3.8) is 0 Å². The Bertz CT molecular complexity index is 1870. The number of alkyl halides is 3. The third kappa shape index (κ3) is 5.36. The molecule has 0 spiro atoms. The molecular formula is C34H31F3N6O2S. The van der Waals surface area contributed by atoms with E-state index < -0.39 is 34.8 Å². The fourth-order valence-corrected chi connectivity index (χ4v) is 6.99. The number of nitrogens with zero attached hydrogens (tertiary/aromatic N) is 3. The normalized spacial score (nSPS) is 18.1. The Labute approximate surface area is 267 Å². The first-order valence-corrected chi connectivity index (χ1v) is 15.4. The zero-order valence-corrected chi connectivity index (χ0v) is 26.3. The molecule has 0 aliphatic carbocycles. The monoisotopic (exact) mass is 644 g/mol. The average Bonchev–Trinajstić information content (AvgIpc) is 3.32. The molecule has 0 saturated carbocycles. The van der Waals surface area contributed by atoms with Gasteiger partial charge in [-0.3, -0.25) is 14.8 Å². The predicted molar refractivity (Wildman–Crippen MR) is 177 cm³/mol. The highest BCUT2D eigenvalue weighted by Gasteiger charge is 2.59. The summed E-state index contributed by atoms with van der Waals surface area (Å²) in [5, 5.41) is 11.0. The Kier molecular flexibility index (Phi) is 8.01. The van der Waals surface area contributed by atoms with Crippen LogP contribution in [0.2, 0.25) is 0 Å². The molecule has 46 heavy (non-hydrogen) atoms. The van der Waals surface area contributed by atoms with Crippen LogP contribution in [0.15, 0.2) is 90.1 Å². The molecule has 2 unspecified atom stereocenters. The Morgan fingerprint density at radius 3 is 1.74 bits per heavy atom. The van der Waals surface area contributed by atoms with Crippen LogP contribution >= 0.6 is 11.8 Å². The van der Waals surface area contributed by atoms with Gasteiger partial charge in [0, 0.05) is 65.4 Å². The van der Waals surface area contributed by atoms with Crippen LogP contribution in [0.25, 0.3) is 21.8 Å². The number of carbonyl (C=O) groups excluding carboxylic acids is 2. The number of amides is 3. The molecule has 12 heteroatoms. The second-order valence-electron chi connectivity index (χ2n) is 11.2. The molecule has 2 atom stereocenters. The maximum atomic E-state index is 14.9. The second-order valence-corrected chi connectivity index (χ2v) is 12.3. The van der Waals surface area contributed by atoms with Crippen LogP contribution in [0.4, 0.5) is 35.0 Å². The standard InChI is InChI=1S/C34H31F3N6O2S/c1-19(25-13-15-40-29-17-21(38-3)5-11-27(25)29)33(20(2)26-14-16-41-30-18-22(39-4)6-12-28(26)30)31(44)43(32(45)42-33)23-7-9-24(10-8-23)46-34(35,36)37/h5-20,38-39H,1-4H3,(H,42,45). The summed E-state index contributed by atoms with van der Waals surface area (Å²) in [5.74, 6) is -1.66. The number of anilines is 3. The molecule has 1 fully saturated rings. The smallest absolute Gasteiger partial charge is 0.388 e. The van der Waals surface area contributed by atoms with Gasteiger partial charge >= 0.3 is 11.5 Å². The SMILES string of the molecule is CNc1ccc2c(C(C)C3(C(C)c4ccnc5cc(NC)ccc45)NC(=O)N(c4ccc(SC(F)(F)F)cc4)C3=O)ccnc2c1. The molecule has 6 rings (SSSR count). The van der Waals surface area contributed by atoms with Crippen molar-refractivity contribution >= 4 is 62.6 Å². The highest BCUT2D eigenvalue weighted by molar-refractivity contribution is 8.00. The van der Waals surface area contributed by atoms with E-state index in [0.717, 1.165) is 49.2 Å². The number of thioether (sulfide) groups is 1. The number of hydrogen-bond donors (Lipinski definition) is 3. The number of halogens is 3. The van der Waals surface area contributed by atoms with E-state index >= 15 is 0 Å². The minimum atomic E-state index is -4.47. The topological polar surface area (TPSA) is 99.3 Å². The van der Waals surface area contributed by atoms with Crippen LogP contribution < -0.4 is 20.9 Å². The van der Waals surface area contributed by atoms with Gasteiger partial charge in [-0.2, -0.15) is 13.2 Å². The molecule has 3 amide bonds. The first kappa shape index (κ1) is 31.2. The molecule has 1 aliphatic rings. The van der Waals surface area contributed by atoms with Crippen molar-refractivity contribution in [1.29, 1.82) is 0 Å². The summed E-state index contributed by atoms with van der Waals surface area (Å²) in [7, 11) is 3.64. The molecule has 5 aromatic rings. The zero-order valence-electron chi connectivity index (χ0n) is 25.4. The molecule has 236 valence electrons. The largest absolute Gasteiger partial charge is 0.446 e. The van der Waals surface area contributed by atoms with Gasteiger partial charge in [0.15, 0.2) is 0 Å². The predicted octanol–water partition coefficient (Wildman–Crippen LogP) is 7.88. The van der Waals surface area contributed by atoms with Crippen molar-refractivity contribution in [2.24, 2.45) is 0 Å². The Morgan fingerprint density at radius 1 is 0.783 bits per heavy atom. The number of rotatable bonds is 8. The molecule has 1 aliphatic heterocycles. The maximum absolute atomic E-state index is 14.9. The van der Waals surface area contributed by atoms with Crippen LogP contribution in [-0.4, -0.2) is 47.0 Å². The molecule has 8 nitrogen and oxygen atoms in total. The number of pyridine rings is 2. The van der Waals surface area contributed by atoms with Gasteiger partial charge in [-0.1, -0.05) is 26.0 Å². The van der Waals surface area contributed by atoms with Crippen molar-refractivity contribution in [2.45, 2.75) is 41.6 Å². The third-order valence-electron chi connectivity index (χ3n) is 8.83. The third-order valence-corrected chi connectivity index (χ3v) is 9.57. The van der Waals surface area contributed by atoms with Crippen molar-refractivity contribution in [3.05, 3.63) is 96.3 Å². The molecular weight excluding hydrogens is 613 g/mol. The first-order valence-electron chi connectivity index (χ1n) is 14.6. The minimum Gasteiger partial charge on any atom is -0.388 e. The maximum Gasteiger partial charge on any atom is 0.446 e. The Balaban J connectivity index is 1.51. The van der Waals surface area contributed by atoms with Crippen molar-refractivity contribution in [1.82, 2.24) is 15.3 Å². The number of urea groups is 1. The van der Waals surface area contributed by atoms with E-state index in [2.05, 4.69) is 25.9 Å². The Hall–Kier alpha value is -4.84. The summed E-state index contributed by atoms with van der Waals surface area (Å²) in [6.07, 6.45) is 3.37. The van der Waals surface area contributed by atoms with Gasteiger partial charge in [0.2, 0.25) is 0 Å². The highest BCUT2D eigenvalue weighted by Crippen LogP contribution is 2.47. The van der Waals surface area contributed by atoms with Crippen LogP contribution in [0, 0.1) is 0 Å². The number of carbonyl (C=O) groups is 2. The second kappa shape index (κ2) is 11.8. The van der Waals surface area contributed by atoms with Crippen molar-refractivity contribution in [3.8, 4) is 0 Å². The van der Waals surface area contributed by atoms with E-state index in [0.29, 0.717) is 0 Å². The number of aromatic nitrogens is 2. The summed E-state index contributed by atoms with van der Waals surface area (Å²) in [5.41, 5.74) is -0.981. The summed E-state index contributed by atoms with van der Waals surface area (Å²) in [4.78, 5) is 38.8. The van der Waals surface area contributed by atoms with Crippen molar-refractivity contribution < 1.29 is 22.8 Å². The van der Waals surface area contributed by atoms with Gasteiger partial charge in [0.25, 0.3) is 5.91 Å². The summed E-state index contributed by atoms with van der Waals surface area (Å²) in [6, 6.07) is 19.8. The number of nitrogens with one attached hydrogen (secondary N) is 3. The molecule has 1 saturated heterocycles. The van der Waals surface area contributed by atoms with E-state index in [9.17, 15) is 22.8 Å². The molecule has 0 bridgehead atoms. The van der Waals surface area contributed by atoms with E-state index in [-0.39, 0.29) is 22.3 Å². The van der Waals surface area contributed by atoms with Crippen molar-refractivity contribution in [2.75, 3.05) is 29.6 Å². The van der Waals surface area contributed by atoms with E-state index in [1.54, 1.807) is 12.4 Å². The van der Waals surface area contributed by atoms with Crippen LogP contribution in [0.1, 0.15) is 36.8 Å². The summed E-state index contributed by atoms with van der Waals surface area (Å²) < 4.78 is 39.0. The fraction of sp³-hybridized carbons (Fsp3) is 0.235. The van der Waals surface area contributed by atoms with Gasteiger partial charge in [-0.15, -0.1) is 0 Å². The quantitative estimate of drug-likeness (QED) is 0.117. The minimum absolute atomic E-state index is 0.0512. The van der Waals surface area contributed by atoms with Crippen LogP contribution in [0.5, 0.6) is 0 Å². The molecule has 0 radical (unpaired) electrons. The average molecular weight is 645 g/mol. The Morgan fingerprint density at radius 2 is 1.28 bits per heavy atom. The summed E-state index contributed by atoms with van der Waals surface area (Å²) >= 11 is -0.260. The number of imide groups is 1. The van der Waals surface area contributed by atoms with Crippen LogP contribution in [0.3, 0.4) is 0 Å². The van der Waals surface area contributed by atoms with Crippen LogP contribution in [-0.2, 0) is 4.79 Å². The van der Waals surface area contributed by atoms with Gasteiger partial charge in [-0.25, -0.2) is 9.69 Å². The number of benzene rings is 3. The number of fused-ring (bicyclic) bond motifs is 2. The lowest BCUT2D eigenvalue weighted by Gasteiger charge is -2.39. The lowest BCUT2D eigenvalue weighted by molar-refractivity contribution is -0.123. The lowest BCUT2D eigenvalue weighted by Crippen LogP contribution is -2.55. The lowest BCUT2D eigenvalue weighted by atomic mass is 9.68. The van der Waals surface area contributed by atoms with E-state index in [1.165, 1.54) is 24.3 Å². The zero-order chi connectivity index (χ0) is 32.8. The molecule has 3 aromatic carbocycles. The van der Waals surface area contributed by atoms with Gasteiger partial charge < -0.3 is 16.0 Å². The highest BCUT2D eigenvalue weighted by atomic mass is 32.2. The molecule has 2 aromatic heterocycles. The van der Waals surface area contributed by atoms with Gasteiger partial charge in [0.05, 0.1) is 16.7 Å². The van der Waals surface area contributed by atoms with E-state index in [4.69, 9.17) is 0 Å². The molecule has 3 N–H and O–H groups in total. The molecule has 3 heterocycles. The first-order chi connectivity index (χ1) is 22.0. The van der Waals surface area contributed by atoms with Gasteiger partial charge in [-0.05, 0) is 83.6 Å².